The molecule has 2 atom stereocenters. The fourth-order valence-corrected chi connectivity index (χ4v) is 7.59. The molecule has 2 aromatic heterocycles. The molecule has 1 aliphatic carbocycles. The second-order valence-corrected chi connectivity index (χ2v) is 14.2. The van der Waals surface area contributed by atoms with Crippen LogP contribution in [0.25, 0.3) is 11.3 Å². The first-order valence-electron chi connectivity index (χ1n) is 17.2. The highest BCUT2D eigenvalue weighted by atomic mass is 35.5. The average Bonchev–Trinajstić information content (AvgIpc) is 3.11. The smallest absolute Gasteiger partial charge is 0.225 e. The number of hydrogen-bond donors (Lipinski definition) is 1. The molecule has 49 heavy (non-hydrogen) atoms. The van der Waals surface area contributed by atoms with E-state index in [0.717, 1.165) is 75.8 Å². The molecule has 0 radical (unpaired) electrons. The Morgan fingerprint density at radius 2 is 1.63 bits per heavy atom. The zero-order valence-corrected chi connectivity index (χ0v) is 29.8. The van der Waals surface area contributed by atoms with Crippen molar-refractivity contribution in [1.29, 1.82) is 0 Å². The van der Waals surface area contributed by atoms with E-state index in [4.69, 9.17) is 37.7 Å². The summed E-state index contributed by atoms with van der Waals surface area (Å²) in [5, 5.41) is 4.01. The number of benzene rings is 1. The van der Waals surface area contributed by atoms with Crippen LogP contribution in [0.15, 0.2) is 42.7 Å². The van der Waals surface area contributed by atoms with Crippen LogP contribution in [-0.4, -0.2) is 95.6 Å². The van der Waals surface area contributed by atoms with Gasteiger partial charge >= 0.3 is 0 Å². The predicted molar refractivity (Wildman–Crippen MR) is 190 cm³/mol. The molecule has 4 heterocycles. The number of amides is 2. The molecule has 3 aliphatic rings. The van der Waals surface area contributed by atoms with E-state index < -0.39 is 0 Å². The maximum absolute atomic E-state index is 13.2. The molecule has 2 amide bonds. The molecule has 1 aromatic carbocycles. The molecular formula is C36H45Cl2N7O4. The molecule has 11 nitrogen and oxygen atoms in total. The summed E-state index contributed by atoms with van der Waals surface area (Å²) >= 11 is 12.7. The van der Waals surface area contributed by atoms with Crippen LogP contribution in [0.1, 0.15) is 51.0 Å². The predicted octanol–water partition coefficient (Wildman–Crippen LogP) is 5.84. The van der Waals surface area contributed by atoms with Gasteiger partial charge in [-0.2, -0.15) is 0 Å². The van der Waals surface area contributed by atoms with E-state index in [9.17, 15) is 9.59 Å². The van der Waals surface area contributed by atoms with Crippen LogP contribution in [-0.2, 0) is 20.9 Å². The lowest BCUT2D eigenvalue weighted by molar-refractivity contribution is -0.138. The number of nitrogens with zero attached hydrogens (tertiary/aromatic N) is 6. The van der Waals surface area contributed by atoms with Crippen LogP contribution in [0.3, 0.4) is 0 Å². The van der Waals surface area contributed by atoms with E-state index >= 15 is 0 Å². The van der Waals surface area contributed by atoms with Gasteiger partial charge in [-0.25, -0.2) is 15.0 Å². The number of carbonyl (C=O) groups excluding carboxylic acids is 2. The first-order valence-corrected chi connectivity index (χ1v) is 18.0. The Morgan fingerprint density at radius 3 is 2.31 bits per heavy atom. The van der Waals surface area contributed by atoms with E-state index in [0.29, 0.717) is 65.4 Å². The van der Waals surface area contributed by atoms with Crippen molar-refractivity contribution in [2.45, 2.75) is 58.1 Å². The summed E-state index contributed by atoms with van der Waals surface area (Å²) in [6, 6.07) is 9.38. The van der Waals surface area contributed by atoms with Crippen LogP contribution < -0.4 is 15.0 Å². The minimum Gasteiger partial charge on any atom is -0.436 e. The zero-order valence-electron chi connectivity index (χ0n) is 28.2. The van der Waals surface area contributed by atoms with Crippen LogP contribution in [0, 0.1) is 11.8 Å². The first-order chi connectivity index (χ1) is 23.7. The fraction of sp³-hybridized carbons (Fsp3) is 0.528. The highest BCUT2D eigenvalue weighted by molar-refractivity contribution is 6.35. The van der Waals surface area contributed by atoms with E-state index in [2.05, 4.69) is 25.1 Å². The molecule has 2 saturated heterocycles. The summed E-state index contributed by atoms with van der Waals surface area (Å²) in [4.78, 5) is 45.0. The summed E-state index contributed by atoms with van der Waals surface area (Å²) in [6.07, 6.45) is 9.38. The summed E-state index contributed by atoms with van der Waals surface area (Å²) in [5.74, 6) is 2.30. The number of nitrogens with one attached hydrogen (secondary N) is 1. The number of methoxy groups -OCH3 is 1. The minimum absolute atomic E-state index is 0.0163. The molecule has 3 fully saturated rings. The Hall–Kier alpha value is -3.51. The van der Waals surface area contributed by atoms with Gasteiger partial charge in [0.2, 0.25) is 23.6 Å². The second-order valence-electron chi connectivity index (χ2n) is 13.4. The number of piperidine rings is 1. The molecule has 13 heteroatoms. The third kappa shape index (κ3) is 9.60. The van der Waals surface area contributed by atoms with Crippen molar-refractivity contribution in [2.24, 2.45) is 11.8 Å². The Labute approximate surface area is 298 Å². The third-order valence-corrected chi connectivity index (χ3v) is 10.2. The van der Waals surface area contributed by atoms with Crippen LogP contribution in [0.4, 0.5) is 5.95 Å². The van der Waals surface area contributed by atoms with E-state index in [1.54, 1.807) is 32.5 Å². The summed E-state index contributed by atoms with van der Waals surface area (Å²) in [5.41, 5.74) is 2.55. The van der Waals surface area contributed by atoms with E-state index in [1.807, 2.05) is 29.2 Å². The van der Waals surface area contributed by atoms with Crippen molar-refractivity contribution in [2.75, 3.05) is 57.8 Å². The van der Waals surface area contributed by atoms with Gasteiger partial charge in [-0.1, -0.05) is 29.6 Å². The first kappa shape index (κ1) is 35.3. The number of likely N-dealkylation sites (tertiary alicyclic amines) is 1. The average molecular weight is 711 g/mol. The van der Waals surface area contributed by atoms with Gasteiger partial charge < -0.3 is 24.6 Å². The number of piperazine rings is 1. The highest BCUT2D eigenvalue weighted by Gasteiger charge is 2.32. The van der Waals surface area contributed by atoms with Gasteiger partial charge in [0.15, 0.2) is 5.75 Å². The lowest BCUT2D eigenvalue weighted by atomic mass is 9.86. The maximum atomic E-state index is 13.2. The van der Waals surface area contributed by atoms with Crippen molar-refractivity contribution < 1.29 is 19.1 Å². The van der Waals surface area contributed by atoms with Crippen molar-refractivity contribution in [3.8, 4) is 22.9 Å². The molecule has 0 bridgehead atoms. The lowest BCUT2D eigenvalue weighted by Gasteiger charge is -2.38. The Morgan fingerprint density at radius 1 is 0.918 bits per heavy atom. The van der Waals surface area contributed by atoms with Gasteiger partial charge in [-0.3, -0.25) is 14.5 Å². The van der Waals surface area contributed by atoms with Gasteiger partial charge in [-0.05, 0) is 80.9 Å². The summed E-state index contributed by atoms with van der Waals surface area (Å²) in [7, 11) is 1.74. The zero-order chi connectivity index (χ0) is 34.3. The molecule has 262 valence electrons. The highest BCUT2D eigenvalue weighted by Crippen LogP contribution is 2.32. The van der Waals surface area contributed by atoms with Gasteiger partial charge in [-0.15, -0.1) is 0 Å². The van der Waals surface area contributed by atoms with Crippen molar-refractivity contribution in [1.82, 2.24) is 30.1 Å². The summed E-state index contributed by atoms with van der Waals surface area (Å²) < 4.78 is 11.8. The van der Waals surface area contributed by atoms with Crippen LogP contribution in [0.2, 0.25) is 10.0 Å². The number of pyridine rings is 1. The molecule has 2 aliphatic heterocycles. The molecule has 0 spiro atoms. The van der Waals surface area contributed by atoms with Gasteiger partial charge in [0, 0.05) is 80.9 Å². The number of ether oxygens (including phenoxy) is 2. The van der Waals surface area contributed by atoms with Crippen LogP contribution in [0.5, 0.6) is 11.6 Å². The van der Waals surface area contributed by atoms with E-state index in [1.165, 1.54) is 0 Å². The molecule has 3 aromatic rings. The number of carbonyl (C=O) groups is 2. The lowest BCUT2D eigenvalue weighted by Crippen LogP contribution is -2.51. The van der Waals surface area contributed by atoms with Crippen LogP contribution >= 0.6 is 23.2 Å². The topological polar surface area (TPSA) is 113 Å². The number of aromatic nitrogens is 3. The Balaban J connectivity index is 1.10. The molecule has 1 saturated carbocycles. The van der Waals surface area contributed by atoms with Gasteiger partial charge in [0.1, 0.15) is 0 Å². The van der Waals surface area contributed by atoms with Gasteiger partial charge in [0.25, 0.3) is 0 Å². The maximum Gasteiger partial charge on any atom is 0.225 e. The molecule has 0 unspecified atom stereocenters. The standard InChI is InChI=1S/C36H45Cl2N7O4/c1-24(46)39-20-25-6-8-43(9-7-25)23-26-14-33(28-16-29(37)19-30(38)17-28)42-34(15-26)49-32-21-40-36(41-22-32)45-12-10-44(11-13-45)35(47)27-4-3-5-31(18-27)48-2/h14-17,19,21-22,25,27,31H,3-13,18,20,23H2,1-2H3,(H,39,46)/t27-,31+/m1/s1. The normalized spacial score (nSPS) is 20.7. The van der Waals surface area contributed by atoms with Crippen molar-refractivity contribution >= 4 is 41.0 Å². The minimum atomic E-state index is 0.0163. The second kappa shape index (κ2) is 16.5. The molecule has 1 N–H and O–H groups in total. The molecule has 6 rings (SSSR count). The number of anilines is 1. The monoisotopic (exact) mass is 709 g/mol. The SMILES string of the molecule is CO[C@H]1CCC[C@@H](C(=O)N2CCN(c3ncc(Oc4cc(CN5CCC(CNC(C)=O)CC5)cc(-c5cc(Cl)cc(Cl)c5)n4)cn3)CC2)C1. The molecular weight excluding hydrogens is 665 g/mol. The fourth-order valence-electron chi connectivity index (χ4n) is 7.06. The van der Waals surface area contributed by atoms with Gasteiger partial charge in [0.05, 0.1) is 24.2 Å². The number of halogens is 2. The number of rotatable bonds is 10. The van der Waals surface area contributed by atoms with Crippen molar-refractivity contribution in [3.05, 3.63) is 58.3 Å². The Bertz CT molecular complexity index is 1570. The van der Waals surface area contributed by atoms with E-state index in [-0.39, 0.29) is 23.8 Å². The Kier molecular flexibility index (Phi) is 11.9. The summed E-state index contributed by atoms with van der Waals surface area (Å²) in [6.45, 7) is 7.53. The largest absolute Gasteiger partial charge is 0.436 e. The third-order valence-electron chi connectivity index (χ3n) is 9.79. The quantitative estimate of drug-likeness (QED) is 0.278. The number of hydrogen-bond acceptors (Lipinski definition) is 9. The van der Waals surface area contributed by atoms with Crippen molar-refractivity contribution in [3.63, 3.8) is 0 Å².